The van der Waals surface area contributed by atoms with Gasteiger partial charge < -0.3 is 5.32 Å². The van der Waals surface area contributed by atoms with Crippen LogP contribution in [0.1, 0.15) is 16.1 Å². The first-order valence-corrected chi connectivity index (χ1v) is 7.96. The summed E-state index contributed by atoms with van der Waals surface area (Å²) in [6, 6.07) is 7.58. The average Bonchev–Trinajstić information content (AvgIpc) is 3.07. The minimum absolute atomic E-state index is 0.297. The summed E-state index contributed by atoms with van der Waals surface area (Å²) in [6.07, 6.45) is 5.05. The lowest BCUT2D eigenvalue weighted by Gasteiger charge is -2.04. The quantitative estimate of drug-likeness (QED) is 0.738. The number of nitrogens with one attached hydrogen (secondary N) is 1. The fourth-order valence-corrected chi connectivity index (χ4v) is 2.87. The summed E-state index contributed by atoms with van der Waals surface area (Å²) in [6.45, 7) is 0.531. The monoisotopic (exact) mass is 393 g/mol. The molecule has 0 aliphatic rings. The van der Waals surface area contributed by atoms with Gasteiger partial charge in [0.15, 0.2) is 5.69 Å². The van der Waals surface area contributed by atoms with Crippen molar-refractivity contribution in [2.24, 2.45) is 7.05 Å². The number of benzene rings is 1. The van der Waals surface area contributed by atoms with Crippen molar-refractivity contribution in [1.82, 2.24) is 19.6 Å². The van der Waals surface area contributed by atoms with Gasteiger partial charge in [0.05, 0.1) is 22.9 Å². The highest BCUT2D eigenvalue weighted by molar-refractivity contribution is 9.10. The van der Waals surface area contributed by atoms with Gasteiger partial charge in [-0.1, -0.05) is 29.8 Å². The predicted octanol–water partition coefficient (Wildman–Crippen LogP) is 3.33. The second-order valence-corrected chi connectivity index (χ2v) is 6.23. The molecule has 1 N–H and O–H groups in total. The van der Waals surface area contributed by atoms with Gasteiger partial charge in [-0.3, -0.25) is 14.2 Å². The van der Waals surface area contributed by atoms with Crippen molar-refractivity contribution >= 4 is 39.1 Å². The van der Waals surface area contributed by atoms with E-state index in [0.717, 1.165) is 5.56 Å². The molecule has 0 bridgehead atoms. The maximum atomic E-state index is 12.2. The van der Waals surface area contributed by atoms with E-state index in [0.29, 0.717) is 27.4 Å². The third kappa shape index (κ3) is 3.62. The summed E-state index contributed by atoms with van der Waals surface area (Å²) in [7, 11) is 1.75. The zero-order valence-corrected chi connectivity index (χ0v) is 14.5. The highest BCUT2D eigenvalue weighted by Gasteiger charge is 2.15. The van der Waals surface area contributed by atoms with Crippen molar-refractivity contribution in [3.63, 3.8) is 0 Å². The van der Waals surface area contributed by atoms with Crippen LogP contribution in [-0.4, -0.2) is 25.5 Å². The molecule has 0 atom stereocenters. The second kappa shape index (κ2) is 6.55. The molecule has 3 aromatic rings. The Labute approximate surface area is 146 Å². The van der Waals surface area contributed by atoms with E-state index in [-0.39, 0.29) is 5.91 Å². The minimum Gasteiger partial charge on any atom is -0.318 e. The van der Waals surface area contributed by atoms with Crippen LogP contribution in [0.5, 0.6) is 0 Å². The molecule has 0 aliphatic carbocycles. The van der Waals surface area contributed by atoms with E-state index >= 15 is 0 Å². The predicted molar refractivity (Wildman–Crippen MR) is 91.6 cm³/mol. The van der Waals surface area contributed by atoms with Crippen LogP contribution in [-0.2, 0) is 13.6 Å². The standard InChI is InChI=1S/C15H13BrClN5O/c1-21-9-12(16)14(20-21)15(23)19-11-6-18-22(8-11)7-10-4-2-3-5-13(10)17/h2-6,8-9H,7H2,1H3,(H,19,23). The van der Waals surface area contributed by atoms with Gasteiger partial charge in [-0.05, 0) is 27.6 Å². The molecule has 1 aromatic carbocycles. The lowest BCUT2D eigenvalue weighted by atomic mass is 10.2. The molecule has 2 aromatic heterocycles. The van der Waals surface area contributed by atoms with Crippen LogP contribution in [0.3, 0.4) is 0 Å². The number of carbonyl (C=O) groups excluding carboxylic acids is 1. The summed E-state index contributed by atoms with van der Waals surface area (Å²) in [4.78, 5) is 12.2. The molecule has 1 amide bonds. The topological polar surface area (TPSA) is 64.7 Å². The van der Waals surface area contributed by atoms with E-state index in [4.69, 9.17) is 11.6 Å². The molecule has 0 spiro atoms. The molecular formula is C15H13BrClN5O. The molecular weight excluding hydrogens is 382 g/mol. The fourth-order valence-electron chi connectivity index (χ4n) is 2.12. The Morgan fingerprint density at radius 1 is 1.35 bits per heavy atom. The smallest absolute Gasteiger partial charge is 0.277 e. The number of hydrogen-bond acceptors (Lipinski definition) is 3. The second-order valence-electron chi connectivity index (χ2n) is 4.97. The molecule has 23 heavy (non-hydrogen) atoms. The van der Waals surface area contributed by atoms with Crippen LogP contribution in [0.25, 0.3) is 0 Å². The van der Waals surface area contributed by atoms with Gasteiger partial charge in [-0.25, -0.2) is 0 Å². The van der Waals surface area contributed by atoms with Crippen molar-refractivity contribution in [3.8, 4) is 0 Å². The van der Waals surface area contributed by atoms with Crippen LogP contribution >= 0.6 is 27.5 Å². The highest BCUT2D eigenvalue weighted by atomic mass is 79.9. The fraction of sp³-hybridized carbons (Fsp3) is 0.133. The third-order valence-electron chi connectivity index (χ3n) is 3.18. The molecule has 3 rings (SSSR count). The van der Waals surface area contributed by atoms with Gasteiger partial charge >= 0.3 is 0 Å². The lowest BCUT2D eigenvalue weighted by molar-refractivity contribution is 0.102. The molecule has 0 aliphatic heterocycles. The third-order valence-corrected chi connectivity index (χ3v) is 4.13. The molecule has 6 nitrogen and oxygen atoms in total. The van der Waals surface area contributed by atoms with Gasteiger partial charge in [0, 0.05) is 24.5 Å². The number of carbonyl (C=O) groups is 1. The van der Waals surface area contributed by atoms with Gasteiger partial charge in [0.1, 0.15) is 0 Å². The Hall–Kier alpha value is -2.12. The molecule has 2 heterocycles. The van der Waals surface area contributed by atoms with E-state index in [1.807, 2.05) is 24.3 Å². The van der Waals surface area contributed by atoms with Crippen molar-refractivity contribution in [2.45, 2.75) is 6.54 Å². The van der Waals surface area contributed by atoms with Crippen LogP contribution < -0.4 is 5.32 Å². The first-order valence-electron chi connectivity index (χ1n) is 6.79. The zero-order chi connectivity index (χ0) is 16.4. The Balaban J connectivity index is 1.71. The molecule has 8 heteroatoms. The number of anilines is 1. The summed E-state index contributed by atoms with van der Waals surface area (Å²) < 4.78 is 3.92. The van der Waals surface area contributed by atoms with Gasteiger partial charge in [0.2, 0.25) is 0 Å². The normalized spacial score (nSPS) is 10.7. The van der Waals surface area contributed by atoms with Crippen LogP contribution in [0.4, 0.5) is 5.69 Å². The van der Waals surface area contributed by atoms with Crippen molar-refractivity contribution in [3.05, 3.63) is 63.6 Å². The summed E-state index contributed by atoms with van der Waals surface area (Å²) >= 11 is 9.45. The summed E-state index contributed by atoms with van der Waals surface area (Å²) in [5.41, 5.74) is 1.88. The first-order chi connectivity index (χ1) is 11.0. The molecule has 0 saturated heterocycles. The maximum absolute atomic E-state index is 12.2. The van der Waals surface area contributed by atoms with E-state index in [1.165, 1.54) is 0 Å². The van der Waals surface area contributed by atoms with E-state index in [2.05, 4.69) is 31.4 Å². The zero-order valence-electron chi connectivity index (χ0n) is 12.2. The number of amides is 1. The Bertz CT molecular complexity index is 857. The first kappa shape index (κ1) is 15.8. The number of aryl methyl sites for hydroxylation is 1. The van der Waals surface area contributed by atoms with Crippen LogP contribution in [0, 0.1) is 0 Å². The Kier molecular flexibility index (Phi) is 4.49. The average molecular weight is 395 g/mol. The summed E-state index contributed by atoms with van der Waals surface area (Å²) in [5.74, 6) is -0.297. The van der Waals surface area contributed by atoms with Crippen molar-refractivity contribution in [1.29, 1.82) is 0 Å². The number of rotatable bonds is 4. The number of halogens is 2. The Morgan fingerprint density at radius 2 is 2.13 bits per heavy atom. The highest BCUT2D eigenvalue weighted by Crippen LogP contribution is 2.18. The molecule has 0 radical (unpaired) electrons. The van der Waals surface area contributed by atoms with Gasteiger partial charge in [0.25, 0.3) is 5.91 Å². The number of nitrogens with zero attached hydrogens (tertiary/aromatic N) is 4. The lowest BCUT2D eigenvalue weighted by Crippen LogP contribution is -2.13. The molecule has 0 saturated carbocycles. The minimum atomic E-state index is -0.297. The molecule has 0 fully saturated rings. The maximum Gasteiger partial charge on any atom is 0.277 e. The summed E-state index contributed by atoms with van der Waals surface area (Å²) in [5, 5.41) is 11.8. The van der Waals surface area contributed by atoms with Crippen LogP contribution in [0.2, 0.25) is 5.02 Å². The largest absolute Gasteiger partial charge is 0.318 e. The Morgan fingerprint density at radius 3 is 2.83 bits per heavy atom. The molecule has 0 unspecified atom stereocenters. The van der Waals surface area contributed by atoms with Gasteiger partial charge in [-0.2, -0.15) is 10.2 Å². The SMILES string of the molecule is Cn1cc(Br)c(C(=O)Nc2cnn(Cc3ccccc3Cl)c2)n1. The van der Waals surface area contributed by atoms with E-state index in [9.17, 15) is 4.79 Å². The van der Waals surface area contributed by atoms with Crippen LogP contribution in [0.15, 0.2) is 47.3 Å². The number of aromatic nitrogens is 4. The van der Waals surface area contributed by atoms with E-state index < -0.39 is 0 Å². The van der Waals surface area contributed by atoms with E-state index in [1.54, 1.807) is 35.0 Å². The van der Waals surface area contributed by atoms with Gasteiger partial charge in [-0.15, -0.1) is 0 Å². The number of hydrogen-bond donors (Lipinski definition) is 1. The van der Waals surface area contributed by atoms with Crippen molar-refractivity contribution in [2.75, 3.05) is 5.32 Å². The molecule has 118 valence electrons. The van der Waals surface area contributed by atoms with Crippen molar-refractivity contribution < 1.29 is 4.79 Å².